The number of thiazole rings is 1. The van der Waals surface area contributed by atoms with E-state index in [4.69, 9.17) is 30.8 Å². The summed E-state index contributed by atoms with van der Waals surface area (Å²) in [6.07, 6.45) is 3.62. The smallest absolute Gasteiger partial charge is 0.271 e. The van der Waals surface area contributed by atoms with Crippen LogP contribution in [0.25, 0.3) is 11.8 Å². The lowest BCUT2D eigenvalue weighted by atomic mass is 9.83. The molecule has 1 aliphatic heterocycles. The summed E-state index contributed by atoms with van der Waals surface area (Å²) in [5, 5.41) is 0.649. The van der Waals surface area contributed by atoms with Crippen LogP contribution in [0.4, 0.5) is 0 Å². The fourth-order valence-corrected chi connectivity index (χ4v) is 7.14. The lowest BCUT2D eigenvalue weighted by Gasteiger charge is -2.31. The Labute approximate surface area is 263 Å². The fraction of sp³-hybridized carbons (Fsp3) is 0.167. The number of aromatic nitrogens is 1. The Morgan fingerprint density at radius 1 is 0.932 bits per heavy atom. The number of halogens is 1. The Morgan fingerprint density at radius 3 is 2.61 bits per heavy atom. The second-order valence-corrected chi connectivity index (χ2v) is 12.1. The molecular formula is C36H29ClN2O4S. The average molecular weight is 621 g/mol. The molecule has 8 heteroatoms. The van der Waals surface area contributed by atoms with Gasteiger partial charge in [0, 0.05) is 16.1 Å². The summed E-state index contributed by atoms with van der Waals surface area (Å²) in [4.78, 5) is 19.9. The number of ether oxygens (including phenoxy) is 3. The van der Waals surface area contributed by atoms with E-state index in [1.807, 2.05) is 71.3 Å². The first-order chi connectivity index (χ1) is 21.5. The fourth-order valence-electron chi connectivity index (χ4n) is 5.95. The highest BCUT2D eigenvalue weighted by Gasteiger charge is 2.32. The molecule has 0 saturated heterocycles. The van der Waals surface area contributed by atoms with E-state index in [1.54, 1.807) is 14.2 Å². The first kappa shape index (κ1) is 28.2. The minimum absolute atomic E-state index is 0.0787. The third-order valence-corrected chi connectivity index (χ3v) is 9.46. The third-order valence-electron chi connectivity index (χ3n) is 8.11. The standard InChI is InChI=1S/C36H29ClN2O4S/c1-41-26-11-7-10-24(20-26)34-28-16-15-23-8-3-5-12-27(23)33(28)38-36-39(34)35(40)32(44-36)19-22-14-17-30(31(18-22)42-2)43-21-25-9-4-6-13-29(25)37/h3-14,17-20,34H,15-16,21H2,1-2H3/b32-19+/t34-/m1/s1. The van der Waals surface area contributed by atoms with Crippen LogP contribution in [0, 0.1) is 0 Å². The molecule has 0 N–H and O–H groups in total. The van der Waals surface area contributed by atoms with Crippen LogP contribution >= 0.6 is 22.9 Å². The molecule has 0 fully saturated rings. The average Bonchev–Trinajstić information content (AvgIpc) is 3.37. The molecule has 0 radical (unpaired) electrons. The minimum Gasteiger partial charge on any atom is -0.497 e. The Kier molecular flexibility index (Phi) is 7.58. The summed E-state index contributed by atoms with van der Waals surface area (Å²) in [5.74, 6) is 1.92. The van der Waals surface area contributed by atoms with Gasteiger partial charge in [-0.3, -0.25) is 9.36 Å². The monoisotopic (exact) mass is 620 g/mol. The van der Waals surface area contributed by atoms with Crippen LogP contribution < -0.4 is 29.1 Å². The summed E-state index contributed by atoms with van der Waals surface area (Å²) in [7, 11) is 3.26. The van der Waals surface area contributed by atoms with E-state index in [2.05, 4.69) is 30.3 Å². The summed E-state index contributed by atoms with van der Waals surface area (Å²) in [5.41, 5.74) is 7.16. The number of rotatable bonds is 7. The molecule has 0 saturated carbocycles. The Bertz CT molecular complexity index is 2110. The second kappa shape index (κ2) is 11.8. The van der Waals surface area contributed by atoms with Crippen molar-refractivity contribution in [1.29, 1.82) is 0 Å². The zero-order valence-electron chi connectivity index (χ0n) is 24.2. The predicted octanol–water partition coefficient (Wildman–Crippen LogP) is 6.57. The van der Waals surface area contributed by atoms with Crippen molar-refractivity contribution in [3.8, 4) is 17.2 Å². The molecular weight excluding hydrogens is 592 g/mol. The van der Waals surface area contributed by atoms with Gasteiger partial charge in [-0.1, -0.05) is 83.6 Å². The van der Waals surface area contributed by atoms with Gasteiger partial charge in [0.05, 0.1) is 30.5 Å². The van der Waals surface area contributed by atoms with Gasteiger partial charge in [0.25, 0.3) is 5.56 Å². The van der Waals surface area contributed by atoms with Gasteiger partial charge >= 0.3 is 0 Å². The second-order valence-electron chi connectivity index (χ2n) is 10.7. The van der Waals surface area contributed by atoms with E-state index in [0.29, 0.717) is 32.5 Å². The van der Waals surface area contributed by atoms with Gasteiger partial charge < -0.3 is 14.2 Å². The van der Waals surface area contributed by atoms with Gasteiger partial charge in [0.15, 0.2) is 16.3 Å². The molecule has 1 atom stereocenters. The minimum atomic E-state index is -0.276. The van der Waals surface area contributed by atoms with Crippen molar-refractivity contribution in [1.82, 2.24) is 4.57 Å². The maximum absolute atomic E-state index is 14.1. The van der Waals surface area contributed by atoms with Crippen molar-refractivity contribution >= 4 is 34.7 Å². The normalized spacial score (nSPS) is 15.6. The number of hydrogen-bond donors (Lipinski definition) is 0. The molecule has 7 rings (SSSR count). The van der Waals surface area contributed by atoms with Crippen LogP contribution in [-0.4, -0.2) is 18.8 Å². The van der Waals surface area contributed by atoms with Gasteiger partial charge in [-0.15, -0.1) is 0 Å². The SMILES string of the molecule is COc1cccc([C@@H]2C3=C(N=c4s/c(=C/c5ccc(OCc6ccccc6Cl)c(OC)c5)c(=O)n42)c2ccccc2CC3)c1. The highest BCUT2D eigenvalue weighted by molar-refractivity contribution is 7.07. The van der Waals surface area contributed by atoms with Crippen LogP contribution in [0.15, 0.2) is 106 Å². The van der Waals surface area contributed by atoms with E-state index in [1.165, 1.54) is 16.9 Å². The number of benzene rings is 4. The van der Waals surface area contributed by atoms with Crippen molar-refractivity contribution in [2.75, 3.05) is 14.2 Å². The number of methoxy groups -OCH3 is 2. The van der Waals surface area contributed by atoms with E-state index in [9.17, 15) is 4.79 Å². The van der Waals surface area contributed by atoms with Gasteiger partial charge in [-0.25, -0.2) is 4.99 Å². The van der Waals surface area contributed by atoms with E-state index >= 15 is 0 Å². The van der Waals surface area contributed by atoms with Crippen LogP contribution in [0.5, 0.6) is 17.2 Å². The molecule has 0 spiro atoms. The quantitative estimate of drug-likeness (QED) is 0.207. The zero-order chi connectivity index (χ0) is 30.2. The van der Waals surface area contributed by atoms with E-state index in [0.717, 1.165) is 52.1 Å². The number of fused-ring (bicyclic) bond motifs is 3. The topological polar surface area (TPSA) is 62.0 Å². The molecule has 1 aromatic heterocycles. The Morgan fingerprint density at radius 2 is 1.77 bits per heavy atom. The summed E-state index contributed by atoms with van der Waals surface area (Å²) >= 11 is 7.70. The van der Waals surface area contributed by atoms with Crippen LogP contribution in [-0.2, 0) is 13.0 Å². The highest BCUT2D eigenvalue weighted by atomic mass is 35.5. The van der Waals surface area contributed by atoms with Crippen molar-refractivity contribution in [3.05, 3.63) is 149 Å². The molecule has 2 aliphatic rings. The predicted molar refractivity (Wildman–Crippen MR) is 175 cm³/mol. The van der Waals surface area contributed by atoms with Crippen molar-refractivity contribution in [2.45, 2.75) is 25.5 Å². The van der Waals surface area contributed by atoms with Crippen LogP contribution in [0.2, 0.25) is 5.02 Å². The summed E-state index contributed by atoms with van der Waals surface area (Å²) < 4.78 is 19.7. The van der Waals surface area contributed by atoms with Gasteiger partial charge in [0.1, 0.15) is 12.4 Å². The van der Waals surface area contributed by atoms with E-state index in [-0.39, 0.29) is 11.6 Å². The molecule has 0 amide bonds. The number of aryl methyl sites for hydroxylation is 1. The van der Waals surface area contributed by atoms with Crippen LogP contribution in [0.1, 0.15) is 40.3 Å². The van der Waals surface area contributed by atoms with Crippen molar-refractivity contribution < 1.29 is 14.2 Å². The molecule has 2 heterocycles. The van der Waals surface area contributed by atoms with Crippen molar-refractivity contribution in [2.24, 2.45) is 4.99 Å². The largest absolute Gasteiger partial charge is 0.497 e. The molecule has 0 bridgehead atoms. The van der Waals surface area contributed by atoms with Gasteiger partial charge in [0.2, 0.25) is 0 Å². The summed E-state index contributed by atoms with van der Waals surface area (Å²) in [6.45, 7) is 0.312. The number of hydrogen-bond acceptors (Lipinski definition) is 6. The van der Waals surface area contributed by atoms with Gasteiger partial charge in [-0.05, 0) is 71.5 Å². The number of nitrogens with zero attached hydrogens (tertiary/aromatic N) is 2. The Balaban J connectivity index is 1.32. The lowest BCUT2D eigenvalue weighted by Crippen LogP contribution is -2.38. The molecule has 4 aromatic carbocycles. The summed E-state index contributed by atoms with van der Waals surface area (Å²) in [6, 6.07) is 29.4. The third kappa shape index (κ3) is 5.12. The van der Waals surface area contributed by atoms with Crippen molar-refractivity contribution in [3.63, 3.8) is 0 Å². The molecule has 1 aliphatic carbocycles. The molecule has 0 unspecified atom stereocenters. The zero-order valence-corrected chi connectivity index (χ0v) is 25.8. The molecule has 6 nitrogen and oxygen atoms in total. The maximum Gasteiger partial charge on any atom is 0.271 e. The molecule has 5 aromatic rings. The first-order valence-corrected chi connectivity index (χ1v) is 15.5. The molecule has 220 valence electrons. The van der Waals surface area contributed by atoms with Gasteiger partial charge in [-0.2, -0.15) is 0 Å². The first-order valence-electron chi connectivity index (χ1n) is 14.4. The van der Waals surface area contributed by atoms with E-state index < -0.39 is 0 Å². The highest BCUT2D eigenvalue weighted by Crippen LogP contribution is 2.41. The number of allylic oxidation sites excluding steroid dienone is 1. The molecule has 44 heavy (non-hydrogen) atoms. The Hall–Kier alpha value is -4.59. The lowest BCUT2D eigenvalue weighted by molar-refractivity contribution is 0.284. The van der Waals surface area contributed by atoms with Crippen LogP contribution in [0.3, 0.4) is 0 Å². The maximum atomic E-state index is 14.1.